The maximum atomic E-state index is 13.2. The summed E-state index contributed by atoms with van der Waals surface area (Å²) in [5, 5.41) is 11.6. The van der Waals surface area contributed by atoms with Crippen LogP contribution in [0.4, 0.5) is 4.39 Å². The highest BCUT2D eigenvalue weighted by molar-refractivity contribution is 5.81. The molecule has 0 saturated carbocycles. The zero-order valence-electron chi connectivity index (χ0n) is 10.9. The molecule has 0 aliphatic rings. The normalized spacial score (nSPS) is 12.1. The number of nitrogens with two attached hydrogens (primary N) is 1. The molecular weight excluding hydrogens is 233 g/mol. The van der Waals surface area contributed by atoms with Crippen LogP contribution in [-0.4, -0.2) is 29.0 Å². The zero-order valence-corrected chi connectivity index (χ0v) is 10.9. The highest BCUT2D eigenvalue weighted by Gasteiger charge is 2.09. The minimum Gasteiger partial charge on any atom is -0.409 e. The van der Waals surface area contributed by atoms with Crippen molar-refractivity contribution in [3.63, 3.8) is 0 Å². The second kappa shape index (κ2) is 6.96. The van der Waals surface area contributed by atoms with Crippen LogP contribution in [0.15, 0.2) is 23.4 Å². The molecule has 1 aromatic carbocycles. The van der Waals surface area contributed by atoms with E-state index in [1.165, 1.54) is 12.1 Å². The molecule has 0 radical (unpaired) electrons. The van der Waals surface area contributed by atoms with Crippen LogP contribution in [0.2, 0.25) is 0 Å². The molecule has 0 spiro atoms. The molecule has 0 unspecified atom stereocenters. The van der Waals surface area contributed by atoms with Gasteiger partial charge in [-0.3, -0.25) is 4.90 Å². The highest BCUT2D eigenvalue weighted by Crippen LogP contribution is 2.13. The molecule has 100 valence electrons. The van der Waals surface area contributed by atoms with E-state index >= 15 is 0 Å². The largest absolute Gasteiger partial charge is 0.409 e. The lowest BCUT2D eigenvalue weighted by Crippen LogP contribution is -2.34. The molecule has 0 bridgehead atoms. The van der Waals surface area contributed by atoms with Gasteiger partial charge in [0, 0.05) is 6.54 Å². The van der Waals surface area contributed by atoms with Crippen LogP contribution < -0.4 is 5.73 Å². The van der Waals surface area contributed by atoms with Crippen molar-refractivity contribution < 1.29 is 9.60 Å². The number of oxime groups is 1. The lowest BCUT2D eigenvalue weighted by molar-refractivity contribution is 0.285. The minimum absolute atomic E-state index is 0.164. The number of nitrogens with zero attached hydrogens (tertiary/aromatic N) is 2. The quantitative estimate of drug-likeness (QED) is 0.353. The van der Waals surface area contributed by atoms with E-state index in [2.05, 4.69) is 12.1 Å². The van der Waals surface area contributed by atoms with E-state index in [9.17, 15) is 4.39 Å². The Morgan fingerprint density at radius 1 is 1.50 bits per heavy atom. The Balaban J connectivity index is 2.79. The third-order valence-corrected chi connectivity index (χ3v) is 2.76. The summed E-state index contributed by atoms with van der Waals surface area (Å²) in [7, 11) is 0. The Labute approximate surface area is 107 Å². The van der Waals surface area contributed by atoms with Crippen molar-refractivity contribution in [1.82, 2.24) is 4.90 Å². The fraction of sp³-hybridized carbons (Fsp3) is 0.462. The Bertz CT molecular complexity index is 421. The molecule has 0 saturated heterocycles. The monoisotopic (exact) mass is 253 g/mol. The first kappa shape index (κ1) is 14.4. The van der Waals surface area contributed by atoms with Crippen LogP contribution in [0.1, 0.15) is 24.5 Å². The lowest BCUT2D eigenvalue weighted by Gasteiger charge is -2.21. The summed E-state index contributed by atoms with van der Waals surface area (Å²) in [4.78, 5) is 2.02. The Hall–Kier alpha value is -1.62. The molecule has 0 aliphatic carbocycles. The first-order chi connectivity index (χ1) is 8.56. The highest BCUT2D eigenvalue weighted by atomic mass is 19.1. The number of hydrogen-bond donors (Lipinski definition) is 2. The molecule has 4 nitrogen and oxygen atoms in total. The van der Waals surface area contributed by atoms with Gasteiger partial charge in [-0.05, 0) is 43.1 Å². The molecule has 5 heteroatoms. The molecule has 18 heavy (non-hydrogen) atoms. The van der Waals surface area contributed by atoms with Gasteiger partial charge in [-0.25, -0.2) is 4.39 Å². The summed E-state index contributed by atoms with van der Waals surface area (Å²) in [5.41, 5.74) is 7.47. The van der Waals surface area contributed by atoms with Crippen molar-refractivity contribution in [3.05, 3.63) is 35.1 Å². The first-order valence-corrected chi connectivity index (χ1v) is 6.00. The van der Waals surface area contributed by atoms with Gasteiger partial charge in [-0.1, -0.05) is 18.1 Å². The molecular formula is C13H20FN3O. The fourth-order valence-electron chi connectivity index (χ4n) is 1.84. The van der Waals surface area contributed by atoms with Gasteiger partial charge in [-0.2, -0.15) is 0 Å². The third kappa shape index (κ3) is 4.33. The molecule has 0 amide bonds. The van der Waals surface area contributed by atoms with Gasteiger partial charge in [-0.15, -0.1) is 0 Å². The summed E-state index contributed by atoms with van der Waals surface area (Å²) in [6.45, 7) is 5.78. The predicted octanol–water partition coefficient (Wildman–Crippen LogP) is 2.09. The Morgan fingerprint density at radius 3 is 2.83 bits per heavy atom. The molecule has 0 heterocycles. The molecule has 0 aliphatic heterocycles. The lowest BCUT2D eigenvalue weighted by atomic mass is 10.1. The number of benzene rings is 1. The van der Waals surface area contributed by atoms with Gasteiger partial charge in [0.2, 0.25) is 0 Å². The van der Waals surface area contributed by atoms with Crippen molar-refractivity contribution in [1.29, 1.82) is 0 Å². The topological polar surface area (TPSA) is 61.8 Å². The molecule has 0 fully saturated rings. The summed E-state index contributed by atoms with van der Waals surface area (Å²) in [6, 6.07) is 4.75. The third-order valence-electron chi connectivity index (χ3n) is 2.76. The standard InChI is InChI=1S/C13H20FN3O/c1-3-6-17(9-13(15)16-18)8-11-7-12(14)5-4-10(11)2/h4-5,7,18H,3,6,8-9H2,1-2H3,(H2,15,16). The Morgan fingerprint density at radius 2 is 2.22 bits per heavy atom. The summed E-state index contributed by atoms with van der Waals surface area (Å²) in [5.74, 6) is -0.0756. The van der Waals surface area contributed by atoms with Gasteiger partial charge in [0.25, 0.3) is 0 Å². The molecule has 0 aromatic heterocycles. The van der Waals surface area contributed by atoms with Gasteiger partial charge in [0.1, 0.15) is 5.82 Å². The summed E-state index contributed by atoms with van der Waals surface area (Å²) in [6.07, 6.45) is 0.951. The van der Waals surface area contributed by atoms with E-state index in [0.29, 0.717) is 13.1 Å². The summed E-state index contributed by atoms with van der Waals surface area (Å²) >= 11 is 0. The number of halogens is 1. The Kier molecular flexibility index (Phi) is 5.58. The van der Waals surface area contributed by atoms with Crippen LogP contribution in [0.3, 0.4) is 0 Å². The van der Waals surface area contributed by atoms with Gasteiger partial charge >= 0.3 is 0 Å². The molecule has 1 aromatic rings. The van der Waals surface area contributed by atoms with E-state index in [-0.39, 0.29) is 11.7 Å². The van der Waals surface area contributed by atoms with Crippen LogP contribution in [0.5, 0.6) is 0 Å². The van der Waals surface area contributed by atoms with E-state index in [0.717, 1.165) is 24.1 Å². The van der Waals surface area contributed by atoms with E-state index in [4.69, 9.17) is 10.9 Å². The number of hydrogen-bond acceptors (Lipinski definition) is 3. The minimum atomic E-state index is -0.240. The maximum Gasteiger partial charge on any atom is 0.153 e. The molecule has 3 N–H and O–H groups in total. The van der Waals surface area contributed by atoms with E-state index in [1.807, 2.05) is 11.8 Å². The van der Waals surface area contributed by atoms with E-state index in [1.54, 1.807) is 6.07 Å². The van der Waals surface area contributed by atoms with Crippen LogP contribution >= 0.6 is 0 Å². The number of rotatable bonds is 6. The van der Waals surface area contributed by atoms with Gasteiger partial charge < -0.3 is 10.9 Å². The SMILES string of the molecule is CCCN(C/C(N)=N/O)Cc1cc(F)ccc1C. The summed E-state index contributed by atoms with van der Waals surface area (Å²) < 4.78 is 13.2. The van der Waals surface area contributed by atoms with E-state index < -0.39 is 0 Å². The molecule has 0 atom stereocenters. The van der Waals surface area contributed by atoms with Gasteiger partial charge in [0.05, 0.1) is 6.54 Å². The maximum absolute atomic E-state index is 13.2. The van der Waals surface area contributed by atoms with Crippen molar-refractivity contribution in [2.45, 2.75) is 26.8 Å². The fourth-order valence-corrected chi connectivity index (χ4v) is 1.84. The first-order valence-electron chi connectivity index (χ1n) is 6.00. The predicted molar refractivity (Wildman–Crippen MR) is 70.1 cm³/mol. The van der Waals surface area contributed by atoms with Gasteiger partial charge in [0.15, 0.2) is 5.84 Å². The second-order valence-electron chi connectivity index (χ2n) is 4.37. The van der Waals surface area contributed by atoms with Crippen molar-refractivity contribution >= 4 is 5.84 Å². The average Bonchev–Trinajstić information content (AvgIpc) is 2.34. The smallest absolute Gasteiger partial charge is 0.153 e. The number of amidine groups is 1. The second-order valence-corrected chi connectivity index (χ2v) is 4.37. The van der Waals surface area contributed by atoms with Crippen molar-refractivity contribution in [2.24, 2.45) is 10.9 Å². The van der Waals surface area contributed by atoms with Crippen LogP contribution in [-0.2, 0) is 6.54 Å². The van der Waals surface area contributed by atoms with Crippen molar-refractivity contribution in [2.75, 3.05) is 13.1 Å². The molecule has 1 rings (SSSR count). The van der Waals surface area contributed by atoms with Crippen LogP contribution in [0, 0.1) is 12.7 Å². The van der Waals surface area contributed by atoms with Crippen molar-refractivity contribution in [3.8, 4) is 0 Å². The zero-order chi connectivity index (χ0) is 13.5. The average molecular weight is 253 g/mol. The number of aryl methyl sites for hydroxylation is 1. The van der Waals surface area contributed by atoms with Crippen LogP contribution in [0.25, 0.3) is 0 Å².